The molecule has 1 aliphatic carbocycles. The zero-order chi connectivity index (χ0) is 14.8. The van der Waals surface area contributed by atoms with Crippen LogP contribution in [-0.4, -0.2) is 10.5 Å². The molecule has 4 nitrogen and oxygen atoms in total. The van der Waals surface area contributed by atoms with Crippen LogP contribution in [0.2, 0.25) is 0 Å². The lowest BCUT2D eigenvalue weighted by molar-refractivity contribution is -0.385. The van der Waals surface area contributed by atoms with Gasteiger partial charge in [-0.25, -0.2) is 4.39 Å². The lowest BCUT2D eigenvalue weighted by atomic mass is 9.72. The highest BCUT2D eigenvalue weighted by atomic mass is 19.1. The first-order chi connectivity index (χ1) is 9.43. The molecule has 2 unspecified atom stereocenters. The predicted molar refractivity (Wildman–Crippen MR) is 75.9 cm³/mol. The van der Waals surface area contributed by atoms with Crippen molar-refractivity contribution in [3.63, 3.8) is 0 Å². The number of nitro groups is 1. The van der Waals surface area contributed by atoms with E-state index in [2.05, 4.69) is 6.92 Å². The minimum atomic E-state index is -0.460. The topological polar surface area (TPSA) is 69.2 Å². The van der Waals surface area contributed by atoms with Crippen LogP contribution in [0.5, 0.6) is 0 Å². The predicted octanol–water partition coefficient (Wildman–Crippen LogP) is 3.57. The van der Waals surface area contributed by atoms with Crippen molar-refractivity contribution in [1.29, 1.82) is 0 Å². The number of hydrogen-bond donors (Lipinski definition) is 1. The van der Waals surface area contributed by atoms with Gasteiger partial charge in [-0.15, -0.1) is 0 Å². The fraction of sp³-hybridized carbons (Fsp3) is 0.600. The van der Waals surface area contributed by atoms with Crippen LogP contribution in [0.4, 0.5) is 10.1 Å². The van der Waals surface area contributed by atoms with Gasteiger partial charge in [-0.1, -0.05) is 26.2 Å². The third-order valence-corrected chi connectivity index (χ3v) is 4.34. The van der Waals surface area contributed by atoms with Crippen LogP contribution in [-0.2, 0) is 6.42 Å². The number of nitrogens with two attached hydrogens (primary N) is 1. The SMILES string of the molecule is CCC1CCCC(N)(Cc2cc(F)ccc2[N+](=O)[O-])C1. The maximum Gasteiger partial charge on any atom is 0.272 e. The zero-order valence-corrected chi connectivity index (χ0v) is 11.8. The van der Waals surface area contributed by atoms with Gasteiger partial charge in [0.1, 0.15) is 5.82 Å². The Morgan fingerprint density at radius 1 is 1.55 bits per heavy atom. The van der Waals surface area contributed by atoms with Gasteiger partial charge in [-0.05, 0) is 37.3 Å². The molecule has 1 fully saturated rings. The second kappa shape index (κ2) is 5.87. The number of nitrogens with zero attached hydrogens (tertiary/aromatic N) is 1. The van der Waals surface area contributed by atoms with Gasteiger partial charge in [0.25, 0.3) is 5.69 Å². The first kappa shape index (κ1) is 14.9. The molecule has 0 spiro atoms. The molecule has 5 heteroatoms. The van der Waals surface area contributed by atoms with Gasteiger partial charge in [0.05, 0.1) is 4.92 Å². The molecule has 0 aliphatic heterocycles. The zero-order valence-electron chi connectivity index (χ0n) is 11.8. The van der Waals surface area contributed by atoms with Crippen LogP contribution in [0.15, 0.2) is 18.2 Å². The summed E-state index contributed by atoms with van der Waals surface area (Å²) in [6.07, 6.45) is 5.36. The van der Waals surface area contributed by atoms with Gasteiger partial charge < -0.3 is 5.73 Å². The van der Waals surface area contributed by atoms with E-state index in [1.807, 2.05) is 0 Å². The van der Waals surface area contributed by atoms with E-state index in [0.29, 0.717) is 17.9 Å². The Labute approximate surface area is 118 Å². The van der Waals surface area contributed by atoms with E-state index in [-0.39, 0.29) is 5.69 Å². The Morgan fingerprint density at radius 2 is 2.30 bits per heavy atom. The molecule has 1 aromatic carbocycles. The van der Waals surface area contributed by atoms with Crippen LogP contribution in [0.25, 0.3) is 0 Å². The highest BCUT2D eigenvalue weighted by Crippen LogP contribution is 2.36. The number of rotatable bonds is 4. The van der Waals surface area contributed by atoms with Gasteiger partial charge in [0.2, 0.25) is 0 Å². The van der Waals surface area contributed by atoms with E-state index in [9.17, 15) is 14.5 Å². The summed E-state index contributed by atoms with van der Waals surface area (Å²) >= 11 is 0. The monoisotopic (exact) mass is 280 g/mol. The summed E-state index contributed by atoms with van der Waals surface area (Å²) in [5, 5.41) is 11.0. The van der Waals surface area contributed by atoms with Crippen molar-refractivity contribution in [3.8, 4) is 0 Å². The Balaban J connectivity index is 2.24. The maximum atomic E-state index is 13.4. The van der Waals surface area contributed by atoms with Crippen molar-refractivity contribution in [2.75, 3.05) is 0 Å². The molecule has 0 radical (unpaired) electrons. The van der Waals surface area contributed by atoms with Crippen LogP contribution in [0, 0.1) is 21.8 Å². The molecule has 0 amide bonds. The summed E-state index contributed by atoms with van der Waals surface area (Å²) in [5.74, 6) is 0.124. The molecule has 2 rings (SSSR count). The minimum Gasteiger partial charge on any atom is -0.325 e. The molecular formula is C15H21FN2O2. The van der Waals surface area contributed by atoms with E-state index in [0.717, 1.165) is 31.7 Å². The van der Waals surface area contributed by atoms with E-state index in [4.69, 9.17) is 5.73 Å². The Morgan fingerprint density at radius 3 is 2.95 bits per heavy atom. The lowest BCUT2D eigenvalue weighted by Crippen LogP contribution is -2.46. The van der Waals surface area contributed by atoms with Gasteiger partial charge >= 0.3 is 0 Å². The van der Waals surface area contributed by atoms with Crippen LogP contribution < -0.4 is 5.73 Å². The van der Waals surface area contributed by atoms with E-state index in [1.54, 1.807) is 0 Å². The Bertz CT molecular complexity index is 507. The molecule has 110 valence electrons. The highest BCUT2D eigenvalue weighted by molar-refractivity contribution is 5.41. The summed E-state index contributed by atoms with van der Waals surface area (Å²) in [4.78, 5) is 10.6. The van der Waals surface area contributed by atoms with Crippen LogP contribution in [0.1, 0.15) is 44.6 Å². The van der Waals surface area contributed by atoms with Gasteiger partial charge in [-0.3, -0.25) is 10.1 Å². The molecule has 2 N–H and O–H groups in total. The fourth-order valence-electron chi connectivity index (χ4n) is 3.28. The molecule has 0 aromatic heterocycles. The summed E-state index contributed by atoms with van der Waals surface area (Å²) in [5.41, 5.74) is 6.36. The standard InChI is InChI=1S/C15H21FN2O2/c1-2-11-4-3-7-15(17,9-11)10-12-8-13(16)5-6-14(12)18(19)20/h5-6,8,11H,2-4,7,9-10,17H2,1H3. The normalized spacial score (nSPS) is 26.4. The number of hydrogen-bond acceptors (Lipinski definition) is 3. The van der Waals surface area contributed by atoms with Crippen molar-refractivity contribution in [1.82, 2.24) is 0 Å². The van der Waals surface area contributed by atoms with Crippen LogP contribution >= 0.6 is 0 Å². The number of halogens is 1. The van der Waals surface area contributed by atoms with E-state index < -0.39 is 16.3 Å². The molecule has 1 saturated carbocycles. The summed E-state index contributed by atoms with van der Waals surface area (Å²) in [6.45, 7) is 2.14. The van der Waals surface area contributed by atoms with Crippen molar-refractivity contribution in [2.45, 2.75) is 51.0 Å². The fourth-order valence-corrected chi connectivity index (χ4v) is 3.28. The van der Waals surface area contributed by atoms with Gasteiger partial charge in [-0.2, -0.15) is 0 Å². The number of nitro benzene ring substituents is 1. The Kier molecular flexibility index (Phi) is 4.38. The molecule has 2 atom stereocenters. The van der Waals surface area contributed by atoms with Gasteiger partial charge in [0, 0.05) is 17.2 Å². The van der Waals surface area contributed by atoms with Crippen molar-refractivity contribution < 1.29 is 9.31 Å². The molecule has 1 aromatic rings. The quantitative estimate of drug-likeness (QED) is 0.677. The van der Waals surface area contributed by atoms with Gasteiger partial charge in [0.15, 0.2) is 0 Å². The summed E-state index contributed by atoms with van der Waals surface area (Å²) in [7, 11) is 0. The first-order valence-corrected chi connectivity index (χ1v) is 7.15. The average molecular weight is 280 g/mol. The highest BCUT2D eigenvalue weighted by Gasteiger charge is 2.34. The third kappa shape index (κ3) is 3.33. The van der Waals surface area contributed by atoms with Crippen molar-refractivity contribution in [2.24, 2.45) is 11.7 Å². The molecule has 0 saturated heterocycles. The largest absolute Gasteiger partial charge is 0.325 e. The molecular weight excluding hydrogens is 259 g/mol. The Hall–Kier alpha value is -1.49. The van der Waals surface area contributed by atoms with E-state index >= 15 is 0 Å². The third-order valence-electron chi connectivity index (χ3n) is 4.34. The smallest absolute Gasteiger partial charge is 0.272 e. The van der Waals surface area contributed by atoms with Crippen molar-refractivity contribution in [3.05, 3.63) is 39.7 Å². The second-order valence-electron chi connectivity index (χ2n) is 5.94. The second-order valence-corrected chi connectivity index (χ2v) is 5.94. The number of benzene rings is 1. The van der Waals surface area contributed by atoms with E-state index in [1.165, 1.54) is 18.6 Å². The molecule has 20 heavy (non-hydrogen) atoms. The summed E-state index contributed by atoms with van der Waals surface area (Å²) in [6, 6.07) is 3.61. The lowest BCUT2D eigenvalue weighted by Gasteiger charge is -2.38. The molecule has 1 aliphatic rings. The van der Waals surface area contributed by atoms with Crippen LogP contribution in [0.3, 0.4) is 0 Å². The molecule has 0 bridgehead atoms. The average Bonchev–Trinajstić information content (AvgIpc) is 2.37. The first-order valence-electron chi connectivity index (χ1n) is 7.15. The minimum absolute atomic E-state index is 0.0325. The maximum absolute atomic E-state index is 13.4. The van der Waals surface area contributed by atoms with Crippen molar-refractivity contribution >= 4 is 5.69 Å². The molecule has 0 heterocycles. The summed E-state index contributed by atoms with van der Waals surface area (Å²) < 4.78 is 13.4.